The summed E-state index contributed by atoms with van der Waals surface area (Å²) in [6.07, 6.45) is 0. The van der Waals surface area contributed by atoms with Gasteiger partial charge >= 0.3 is 5.69 Å². The molecular weight excluding hydrogens is 451 g/mol. The first-order valence-electron chi connectivity index (χ1n) is 5.76. The van der Waals surface area contributed by atoms with Gasteiger partial charge in [-0.25, -0.2) is 0 Å². The summed E-state index contributed by atoms with van der Waals surface area (Å²) >= 11 is 5.27. The molecule has 7 heteroatoms. The molecule has 5 nitrogen and oxygen atoms in total. The van der Waals surface area contributed by atoms with E-state index in [1.807, 2.05) is 40.8 Å². The number of rotatable bonds is 4. The van der Waals surface area contributed by atoms with Crippen LogP contribution in [0.5, 0.6) is 11.5 Å². The van der Waals surface area contributed by atoms with E-state index in [9.17, 15) is 10.1 Å². The molecule has 0 saturated carbocycles. The van der Waals surface area contributed by atoms with Crippen molar-refractivity contribution in [2.75, 3.05) is 0 Å². The molecule has 0 aliphatic carbocycles. The number of nitrogens with zero attached hydrogens (tertiary/aromatic N) is 2. The molecule has 0 aliphatic heterocycles. The molecule has 0 spiro atoms. The highest BCUT2D eigenvalue weighted by Crippen LogP contribution is 2.36. The van der Waals surface area contributed by atoms with Crippen LogP contribution >= 0.6 is 38.5 Å². The van der Waals surface area contributed by atoms with E-state index in [0.717, 1.165) is 10.9 Å². The molecular formula is C14H8BrIN2O3. The lowest BCUT2D eigenvalue weighted by Gasteiger charge is -2.09. The molecule has 2 aromatic rings. The minimum atomic E-state index is -0.550. The fraction of sp³-hybridized carbons (Fsp3) is 0.0714. The molecule has 0 unspecified atom stereocenters. The Hall–Kier alpha value is -1.66. The van der Waals surface area contributed by atoms with Crippen molar-refractivity contribution in [1.82, 2.24) is 0 Å². The molecule has 0 saturated heterocycles. The van der Waals surface area contributed by atoms with Gasteiger partial charge in [0, 0.05) is 11.4 Å². The highest BCUT2D eigenvalue weighted by molar-refractivity contribution is 14.1. The molecule has 2 aromatic carbocycles. The third-order valence-electron chi connectivity index (χ3n) is 2.65. The Morgan fingerprint density at radius 2 is 2.00 bits per heavy atom. The van der Waals surface area contributed by atoms with Crippen LogP contribution in [-0.2, 0) is 5.33 Å². The number of alkyl halides is 1. The minimum Gasteiger partial charge on any atom is -0.449 e. The first kappa shape index (κ1) is 15.7. The van der Waals surface area contributed by atoms with Gasteiger partial charge in [0.1, 0.15) is 5.75 Å². The van der Waals surface area contributed by atoms with Crippen molar-refractivity contribution in [3.05, 3.63) is 61.2 Å². The average molecular weight is 459 g/mol. The number of nitro benzene ring substituents is 1. The summed E-state index contributed by atoms with van der Waals surface area (Å²) in [7, 11) is 0. The Balaban J connectivity index is 2.43. The van der Waals surface area contributed by atoms with Crippen LogP contribution in [0.4, 0.5) is 5.69 Å². The minimum absolute atomic E-state index is 0.145. The van der Waals surface area contributed by atoms with Crippen molar-refractivity contribution in [2.45, 2.75) is 5.33 Å². The van der Waals surface area contributed by atoms with Gasteiger partial charge in [0.25, 0.3) is 0 Å². The Bertz CT molecular complexity index is 726. The third-order valence-corrected chi connectivity index (χ3v) is 4.10. The zero-order chi connectivity index (χ0) is 15.4. The number of benzene rings is 2. The van der Waals surface area contributed by atoms with Crippen molar-refractivity contribution in [3.8, 4) is 17.6 Å². The van der Waals surface area contributed by atoms with Gasteiger partial charge in [-0.2, -0.15) is 5.26 Å². The summed E-state index contributed by atoms with van der Waals surface area (Å²) in [6, 6.07) is 11.9. The number of nitro groups is 1. The molecule has 0 N–H and O–H groups in total. The van der Waals surface area contributed by atoms with Gasteiger partial charge in [0.15, 0.2) is 0 Å². The van der Waals surface area contributed by atoms with Crippen LogP contribution in [0.25, 0.3) is 0 Å². The van der Waals surface area contributed by atoms with E-state index in [0.29, 0.717) is 9.32 Å². The number of hydrogen-bond acceptors (Lipinski definition) is 4. The van der Waals surface area contributed by atoms with Crippen molar-refractivity contribution in [2.24, 2.45) is 0 Å². The van der Waals surface area contributed by atoms with E-state index >= 15 is 0 Å². The molecule has 0 amide bonds. The zero-order valence-electron chi connectivity index (χ0n) is 10.5. The molecule has 0 aliphatic rings. The normalized spacial score (nSPS) is 9.95. The number of halogens is 2. The van der Waals surface area contributed by atoms with E-state index in [1.165, 1.54) is 6.07 Å². The predicted octanol–water partition coefficient (Wildman–Crippen LogP) is 4.76. The van der Waals surface area contributed by atoms with Crippen molar-refractivity contribution < 1.29 is 9.66 Å². The maximum atomic E-state index is 11.1. The lowest BCUT2D eigenvalue weighted by atomic mass is 10.2. The van der Waals surface area contributed by atoms with Gasteiger partial charge < -0.3 is 4.74 Å². The fourth-order valence-electron chi connectivity index (χ4n) is 1.64. The summed E-state index contributed by atoms with van der Waals surface area (Å²) in [5.74, 6) is 0.650. The molecule has 21 heavy (non-hydrogen) atoms. The Morgan fingerprint density at radius 3 is 2.52 bits per heavy atom. The van der Waals surface area contributed by atoms with Crippen molar-refractivity contribution >= 4 is 44.2 Å². The second kappa shape index (κ2) is 6.87. The predicted molar refractivity (Wildman–Crippen MR) is 89.7 cm³/mol. The van der Waals surface area contributed by atoms with Crippen LogP contribution in [0, 0.1) is 25.0 Å². The summed E-state index contributed by atoms with van der Waals surface area (Å²) in [5.41, 5.74) is 1.09. The first-order chi connectivity index (χ1) is 10.0. The highest BCUT2D eigenvalue weighted by Gasteiger charge is 2.21. The van der Waals surface area contributed by atoms with Gasteiger partial charge in [-0.15, -0.1) is 0 Å². The van der Waals surface area contributed by atoms with Gasteiger partial charge in [0.2, 0.25) is 5.75 Å². The molecule has 0 aromatic heterocycles. The lowest BCUT2D eigenvalue weighted by molar-refractivity contribution is -0.385. The van der Waals surface area contributed by atoms with Crippen LogP contribution in [0.3, 0.4) is 0 Å². The van der Waals surface area contributed by atoms with Gasteiger partial charge in [-0.05, 0) is 46.4 Å². The second-order valence-corrected chi connectivity index (χ2v) is 5.78. The number of ether oxygens (including phenoxy) is 1. The Kier molecular flexibility index (Phi) is 5.14. The monoisotopic (exact) mass is 458 g/mol. The maximum Gasteiger partial charge on any atom is 0.314 e. The zero-order valence-corrected chi connectivity index (χ0v) is 14.3. The first-order valence-corrected chi connectivity index (χ1v) is 7.96. The van der Waals surface area contributed by atoms with E-state index in [2.05, 4.69) is 15.9 Å². The lowest BCUT2D eigenvalue weighted by Crippen LogP contribution is -1.97. The van der Waals surface area contributed by atoms with Crippen molar-refractivity contribution in [1.29, 1.82) is 5.26 Å². The molecule has 0 fully saturated rings. The SMILES string of the molecule is N#Cc1cc(I)c(Oc2ccc(CBr)cc2)c([N+](=O)[O-])c1. The van der Waals surface area contributed by atoms with Gasteiger partial charge in [-0.3, -0.25) is 10.1 Å². The standard InChI is InChI=1S/C14H8BrIN2O3/c15-7-9-1-3-11(4-2-9)21-14-12(16)5-10(8-17)6-13(14)18(19)20/h1-6H,7H2. The Labute approximate surface area is 143 Å². The fourth-order valence-corrected chi connectivity index (χ4v) is 2.74. The van der Waals surface area contributed by atoms with Crippen LogP contribution in [0.15, 0.2) is 36.4 Å². The molecule has 2 rings (SSSR count). The molecule has 0 bridgehead atoms. The van der Waals surface area contributed by atoms with E-state index in [4.69, 9.17) is 10.00 Å². The summed E-state index contributed by atoms with van der Waals surface area (Å²) < 4.78 is 6.14. The Morgan fingerprint density at radius 1 is 1.33 bits per heavy atom. The number of nitriles is 1. The molecule has 106 valence electrons. The summed E-state index contributed by atoms with van der Waals surface area (Å²) in [5, 5.41) is 20.7. The largest absolute Gasteiger partial charge is 0.449 e. The van der Waals surface area contributed by atoms with Crippen LogP contribution in [0.2, 0.25) is 0 Å². The van der Waals surface area contributed by atoms with Crippen LogP contribution in [0.1, 0.15) is 11.1 Å². The quantitative estimate of drug-likeness (QED) is 0.286. The van der Waals surface area contributed by atoms with E-state index in [1.54, 1.807) is 18.2 Å². The van der Waals surface area contributed by atoms with Crippen LogP contribution in [-0.4, -0.2) is 4.92 Å². The topological polar surface area (TPSA) is 76.2 Å². The number of hydrogen-bond donors (Lipinski definition) is 0. The smallest absolute Gasteiger partial charge is 0.314 e. The van der Waals surface area contributed by atoms with E-state index in [-0.39, 0.29) is 17.0 Å². The molecule has 0 radical (unpaired) electrons. The second-order valence-electron chi connectivity index (χ2n) is 4.05. The van der Waals surface area contributed by atoms with Gasteiger partial charge in [0.05, 0.1) is 20.1 Å². The third kappa shape index (κ3) is 3.71. The average Bonchev–Trinajstić information content (AvgIpc) is 2.49. The highest BCUT2D eigenvalue weighted by atomic mass is 127. The van der Waals surface area contributed by atoms with E-state index < -0.39 is 4.92 Å². The summed E-state index contributed by atoms with van der Waals surface area (Å²) in [6.45, 7) is 0. The van der Waals surface area contributed by atoms with Crippen molar-refractivity contribution in [3.63, 3.8) is 0 Å². The van der Waals surface area contributed by atoms with Gasteiger partial charge in [-0.1, -0.05) is 28.1 Å². The molecule has 0 heterocycles. The van der Waals surface area contributed by atoms with Crippen LogP contribution < -0.4 is 4.74 Å². The maximum absolute atomic E-state index is 11.1. The summed E-state index contributed by atoms with van der Waals surface area (Å²) in [4.78, 5) is 10.6. The molecule has 0 atom stereocenters.